The standard InChI is InChI=1S/C24H28N2O7/c1-15(27)18-12-21-22(32-10-9-31-21)13-19(18)25-23(28)11-16-5-7-26(8-6-16)24(29)20-4-3-17(33-20)14-30-2/h3-4,12-13,16H,5-11,14H2,1-2H3,(H,25,28). The second-order valence-corrected chi connectivity index (χ2v) is 8.28. The predicted octanol–water partition coefficient (Wildman–Crippen LogP) is 3.28. The molecule has 1 fully saturated rings. The normalized spacial score (nSPS) is 15.9. The zero-order chi connectivity index (χ0) is 23.4. The Kier molecular flexibility index (Phi) is 6.98. The van der Waals surface area contributed by atoms with Gasteiger partial charge >= 0.3 is 0 Å². The summed E-state index contributed by atoms with van der Waals surface area (Å²) in [6.07, 6.45) is 1.74. The highest BCUT2D eigenvalue weighted by molar-refractivity contribution is 6.04. The van der Waals surface area contributed by atoms with Crippen molar-refractivity contribution >= 4 is 23.3 Å². The first kappa shape index (κ1) is 22.8. The van der Waals surface area contributed by atoms with Crippen LogP contribution < -0.4 is 14.8 Å². The third kappa shape index (κ3) is 5.36. The molecule has 0 bridgehead atoms. The number of ketones is 1. The molecule has 1 saturated heterocycles. The number of nitrogens with zero attached hydrogens (tertiary/aromatic N) is 1. The molecule has 0 spiro atoms. The summed E-state index contributed by atoms with van der Waals surface area (Å²) in [5.41, 5.74) is 0.813. The van der Waals surface area contributed by atoms with E-state index in [0.717, 1.165) is 0 Å². The van der Waals surface area contributed by atoms with Crippen molar-refractivity contribution < 1.29 is 33.0 Å². The molecule has 2 aliphatic rings. The number of rotatable bonds is 7. The van der Waals surface area contributed by atoms with E-state index in [0.29, 0.717) is 86.4 Å². The van der Waals surface area contributed by atoms with Crippen molar-refractivity contribution in [2.24, 2.45) is 5.92 Å². The number of Topliss-reactive ketones (excluding diaryl/α,β-unsaturated/α-hetero) is 1. The fourth-order valence-electron chi connectivity index (χ4n) is 4.16. The third-order valence-corrected chi connectivity index (χ3v) is 5.87. The molecular formula is C24H28N2O7. The molecule has 2 amide bonds. The van der Waals surface area contributed by atoms with Crippen LogP contribution in [-0.4, -0.2) is 55.9 Å². The Morgan fingerprint density at radius 2 is 1.79 bits per heavy atom. The van der Waals surface area contributed by atoms with Crippen molar-refractivity contribution in [1.82, 2.24) is 4.90 Å². The topological polar surface area (TPSA) is 107 Å². The molecule has 0 radical (unpaired) electrons. The van der Waals surface area contributed by atoms with Crippen LogP contribution in [0.15, 0.2) is 28.7 Å². The van der Waals surface area contributed by atoms with Crippen molar-refractivity contribution in [2.45, 2.75) is 32.8 Å². The number of furan rings is 1. The van der Waals surface area contributed by atoms with Gasteiger partial charge in [-0.15, -0.1) is 0 Å². The Morgan fingerprint density at radius 3 is 2.45 bits per heavy atom. The highest BCUT2D eigenvalue weighted by Crippen LogP contribution is 2.36. The van der Waals surface area contributed by atoms with E-state index in [4.69, 9.17) is 18.6 Å². The SMILES string of the molecule is COCc1ccc(C(=O)N2CCC(CC(=O)Nc3cc4c(cc3C(C)=O)OCCO4)CC2)o1. The lowest BCUT2D eigenvalue weighted by Gasteiger charge is -2.31. The van der Waals surface area contributed by atoms with E-state index in [1.165, 1.54) is 6.92 Å². The Balaban J connectivity index is 1.32. The summed E-state index contributed by atoms with van der Waals surface area (Å²) in [6.45, 7) is 3.72. The maximum atomic E-state index is 12.7. The minimum Gasteiger partial charge on any atom is -0.486 e. The molecule has 1 aromatic heterocycles. The number of benzene rings is 1. The number of ether oxygens (including phenoxy) is 3. The number of fused-ring (bicyclic) bond motifs is 1. The lowest BCUT2D eigenvalue weighted by Crippen LogP contribution is -2.39. The molecule has 0 saturated carbocycles. The Labute approximate surface area is 192 Å². The third-order valence-electron chi connectivity index (χ3n) is 5.87. The van der Waals surface area contributed by atoms with Gasteiger partial charge in [0.15, 0.2) is 23.0 Å². The number of hydrogen-bond donors (Lipinski definition) is 1. The number of nitrogens with one attached hydrogen (secondary N) is 1. The molecule has 1 aromatic carbocycles. The molecular weight excluding hydrogens is 428 g/mol. The van der Waals surface area contributed by atoms with Gasteiger partial charge in [-0.1, -0.05) is 0 Å². The average Bonchev–Trinajstić information content (AvgIpc) is 3.27. The number of likely N-dealkylation sites (tertiary alicyclic amines) is 1. The summed E-state index contributed by atoms with van der Waals surface area (Å²) in [5, 5.41) is 2.86. The number of anilines is 1. The largest absolute Gasteiger partial charge is 0.486 e. The van der Waals surface area contributed by atoms with Crippen molar-refractivity contribution in [3.8, 4) is 11.5 Å². The lowest BCUT2D eigenvalue weighted by molar-refractivity contribution is -0.117. The second-order valence-electron chi connectivity index (χ2n) is 8.28. The number of carbonyl (C=O) groups excluding carboxylic acids is 3. The summed E-state index contributed by atoms with van der Waals surface area (Å²) >= 11 is 0. The monoisotopic (exact) mass is 456 g/mol. The van der Waals surface area contributed by atoms with Crippen LogP contribution in [-0.2, 0) is 16.1 Å². The summed E-state index contributed by atoms with van der Waals surface area (Å²) < 4.78 is 21.7. The highest BCUT2D eigenvalue weighted by Gasteiger charge is 2.27. The first-order valence-corrected chi connectivity index (χ1v) is 11.1. The van der Waals surface area contributed by atoms with Crippen LogP contribution in [0.1, 0.15) is 52.9 Å². The summed E-state index contributed by atoms with van der Waals surface area (Å²) in [7, 11) is 1.57. The molecule has 9 nitrogen and oxygen atoms in total. The van der Waals surface area contributed by atoms with Crippen LogP contribution in [0.5, 0.6) is 11.5 Å². The Hall–Kier alpha value is -3.33. The Morgan fingerprint density at radius 1 is 1.09 bits per heavy atom. The minimum absolute atomic E-state index is 0.146. The molecule has 3 heterocycles. The zero-order valence-electron chi connectivity index (χ0n) is 18.8. The van der Waals surface area contributed by atoms with Crippen LogP contribution in [0.2, 0.25) is 0 Å². The van der Waals surface area contributed by atoms with E-state index in [1.807, 2.05) is 0 Å². The lowest BCUT2D eigenvalue weighted by atomic mass is 9.93. The van der Waals surface area contributed by atoms with E-state index in [-0.39, 0.29) is 23.5 Å². The molecule has 2 aromatic rings. The predicted molar refractivity (Wildman–Crippen MR) is 119 cm³/mol. The minimum atomic E-state index is -0.172. The average molecular weight is 456 g/mol. The molecule has 33 heavy (non-hydrogen) atoms. The van der Waals surface area contributed by atoms with Gasteiger partial charge in [0.2, 0.25) is 5.91 Å². The maximum Gasteiger partial charge on any atom is 0.289 e. The van der Waals surface area contributed by atoms with Crippen molar-refractivity contribution in [1.29, 1.82) is 0 Å². The van der Waals surface area contributed by atoms with E-state index in [1.54, 1.807) is 36.3 Å². The Bertz CT molecular complexity index is 1040. The fourth-order valence-corrected chi connectivity index (χ4v) is 4.16. The molecule has 4 rings (SSSR count). The van der Waals surface area contributed by atoms with Gasteiger partial charge in [-0.2, -0.15) is 0 Å². The molecule has 176 valence electrons. The van der Waals surface area contributed by atoms with E-state index in [9.17, 15) is 14.4 Å². The van der Waals surface area contributed by atoms with Crippen LogP contribution in [0, 0.1) is 5.92 Å². The van der Waals surface area contributed by atoms with Gasteiger partial charge in [0.05, 0.1) is 5.69 Å². The van der Waals surface area contributed by atoms with Gasteiger partial charge in [-0.3, -0.25) is 14.4 Å². The van der Waals surface area contributed by atoms with Gasteiger partial charge in [-0.05, 0) is 43.9 Å². The molecule has 1 N–H and O–H groups in total. The van der Waals surface area contributed by atoms with E-state index in [2.05, 4.69) is 5.32 Å². The molecule has 0 unspecified atom stereocenters. The number of piperidine rings is 1. The first-order valence-electron chi connectivity index (χ1n) is 11.1. The van der Waals surface area contributed by atoms with Crippen molar-refractivity contribution in [3.63, 3.8) is 0 Å². The van der Waals surface area contributed by atoms with Gasteiger partial charge in [0.1, 0.15) is 25.6 Å². The van der Waals surface area contributed by atoms with Gasteiger partial charge in [0.25, 0.3) is 5.91 Å². The molecule has 0 atom stereocenters. The van der Waals surface area contributed by atoms with Crippen LogP contribution in [0.25, 0.3) is 0 Å². The first-order chi connectivity index (χ1) is 15.9. The van der Waals surface area contributed by atoms with Crippen molar-refractivity contribution in [3.05, 3.63) is 41.3 Å². The summed E-state index contributed by atoms with van der Waals surface area (Å²) in [5.74, 6) is 1.59. The number of amides is 2. The van der Waals surface area contributed by atoms with Gasteiger partial charge < -0.3 is 28.8 Å². The van der Waals surface area contributed by atoms with E-state index >= 15 is 0 Å². The second kappa shape index (κ2) is 10.1. The number of hydrogen-bond acceptors (Lipinski definition) is 7. The summed E-state index contributed by atoms with van der Waals surface area (Å²) in [6, 6.07) is 6.66. The zero-order valence-corrected chi connectivity index (χ0v) is 18.8. The number of methoxy groups -OCH3 is 1. The summed E-state index contributed by atoms with van der Waals surface area (Å²) in [4.78, 5) is 39.2. The van der Waals surface area contributed by atoms with Gasteiger partial charge in [0, 0.05) is 38.2 Å². The van der Waals surface area contributed by atoms with E-state index < -0.39 is 0 Å². The quantitative estimate of drug-likeness (QED) is 0.637. The molecule has 0 aliphatic carbocycles. The molecule has 9 heteroatoms. The van der Waals surface area contributed by atoms with Crippen LogP contribution >= 0.6 is 0 Å². The highest BCUT2D eigenvalue weighted by atomic mass is 16.6. The van der Waals surface area contributed by atoms with Crippen molar-refractivity contribution in [2.75, 3.05) is 38.7 Å². The van der Waals surface area contributed by atoms with Gasteiger partial charge in [-0.25, -0.2) is 0 Å². The maximum absolute atomic E-state index is 12.7. The number of carbonyl (C=O) groups is 3. The smallest absolute Gasteiger partial charge is 0.289 e. The molecule has 2 aliphatic heterocycles. The fraction of sp³-hybridized carbons (Fsp3) is 0.458. The van der Waals surface area contributed by atoms with Crippen LogP contribution in [0.3, 0.4) is 0 Å². The van der Waals surface area contributed by atoms with Crippen LogP contribution in [0.4, 0.5) is 5.69 Å².